The molecule has 1 nitrogen and oxygen atoms in total. The average molecular weight is 131 g/mol. The van der Waals surface area contributed by atoms with Crippen LogP contribution in [-0.2, 0) is 0 Å². The predicted octanol–water partition coefficient (Wildman–Crippen LogP) is 0.288. The SMILES string of the molecule is CC(C)(N)C(C)(C)[SiH3]. The van der Waals surface area contributed by atoms with Crippen molar-refractivity contribution in [2.45, 2.75) is 38.3 Å². The van der Waals surface area contributed by atoms with Gasteiger partial charge >= 0.3 is 0 Å². The van der Waals surface area contributed by atoms with Crippen LogP contribution in [0.1, 0.15) is 27.7 Å². The van der Waals surface area contributed by atoms with Gasteiger partial charge in [-0.1, -0.05) is 13.8 Å². The standard InChI is InChI=1S/C6H17NSi/c1-5(2,7)6(3,4)8/h7H2,1-4,8H3. The van der Waals surface area contributed by atoms with Crippen molar-refractivity contribution >= 4 is 10.2 Å². The van der Waals surface area contributed by atoms with Crippen LogP contribution in [-0.4, -0.2) is 15.8 Å². The Labute approximate surface area is 55.1 Å². The lowest BCUT2D eigenvalue weighted by Gasteiger charge is -2.34. The maximum Gasteiger partial charge on any atom is 0.0123 e. The molecule has 0 aromatic carbocycles. The molecule has 0 saturated heterocycles. The molecule has 2 N–H and O–H groups in total. The van der Waals surface area contributed by atoms with Crippen molar-refractivity contribution < 1.29 is 0 Å². The molecule has 0 radical (unpaired) electrons. The molecule has 0 amide bonds. The van der Waals surface area contributed by atoms with Crippen molar-refractivity contribution in [3.63, 3.8) is 0 Å². The first-order chi connectivity index (χ1) is 3.25. The average Bonchev–Trinajstić information content (AvgIpc) is 1.25. The Hall–Kier alpha value is 0.177. The Morgan fingerprint density at radius 2 is 1.25 bits per heavy atom. The summed E-state index contributed by atoms with van der Waals surface area (Å²) in [5.41, 5.74) is 5.85. The van der Waals surface area contributed by atoms with Crippen LogP contribution in [0.4, 0.5) is 0 Å². The Bertz CT molecular complexity index is 63.5. The van der Waals surface area contributed by atoms with Crippen molar-refractivity contribution in [1.29, 1.82) is 0 Å². The fourth-order valence-electron chi connectivity index (χ4n) is 0. The van der Waals surface area contributed by atoms with E-state index in [0.29, 0.717) is 5.04 Å². The zero-order valence-electron chi connectivity index (χ0n) is 6.58. The van der Waals surface area contributed by atoms with E-state index in [-0.39, 0.29) is 5.54 Å². The van der Waals surface area contributed by atoms with Gasteiger partial charge in [-0.15, -0.1) is 0 Å². The van der Waals surface area contributed by atoms with E-state index in [1.54, 1.807) is 0 Å². The monoisotopic (exact) mass is 131 g/mol. The fraction of sp³-hybridized carbons (Fsp3) is 1.00. The maximum atomic E-state index is 5.85. The molecule has 0 rings (SSSR count). The topological polar surface area (TPSA) is 26.0 Å². The molecule has 0 aliphatic carbocycles. The molecular weight excluding hydrogens is 114 g/mol. The van der Waals surface area contributed by atoms with Crippen LogP contribution in [0.2, 0.25) is 5.04 Å². The highest BCUT2D eigenvalue weighted by atomic mass is 28.1. The second-order valence-electron chi connectivity index (χ2n) is 3.97. The molecule has 0 fully saturated rings. The van der Waals surface area contributed by atoms with Gasteiger partial charge in [0.1, 0.15) is 0 Å². The maximum absolute atomic E-state index is 5.85. The Kier molecular flexibility index (Phi) is 1.89. The third kappa shape index (κ3) is 1.97. The van der Waals surface area contributed by atoms with E-state index >= 15 is 0 Å². The summed E-state index contributed by atoms with van der Waals surface area (Å²) in [7, 11) is 1.16. The van der Waals surface area contributed by atoms with Crippen molar-refractivity contribution in [3.05, 3.63) is 0 Å². The summed E-state index contributed by atoms with van der Waals surface area (Å²) >= 11 is 0. The largest absolute Gasteiger partial charge is 0.325 e. The van der Waals surface area contributed by atoms with E-state index in [1.165, 1.54) is 0 Å². The predicted molar refractivity (Wildman–Crippen MR) is 42.2 cm³/mol. The summed E-state index contributed by atoms with van der Waals surface area (Å²) in [6.45, 7) is 8.58. The lowest BCUT2D eigenvalue weighted by Crippen LogP contribution is -2.42. The molecule has 2 heteroatoms. The smallest absolute Gasteiger partial charge is 0.0123 e. The quantitative estimate of drug-likeness (QED) is 0.509. The first kappa shape index (κ1) is 8.18. The molecule has 0 aliphatic heterocycles. The summed E-state index contributed by atoms with van der Waals surface area (Å²) < 4.78 is 0. The molecule has 50 valence electrons. The third-order valence-corrected chi connectivity index (χ3v) is 3.22. The van der Waals surface area contributed by atoms with E-state index in [1.807, 2.05) is 0 Å². The lowest BCUT2D eigenvalue weighted by atomic mass is 9.91. The second kappa shape index (κ2) is 1.85. The molecule has 0 unspecified atom stereocenters. The zero-order chi connectivity index (χ0) is 7.00. The van der Waals surface area contributed by atoms with E-state index in [2.05, 4.69) is 27.7 Å². The highest BCUT2D eigenvalue weighted by Crippen LogP contribution is 2.30. The van der Waals surface area contributed by atoms with Gasteiger partial charge in [-0.25, -0.2) is 0 Å². The Morgan fingerprint density at radius 3 is 1.25 bits per heavy atom. The number of rotatable bonds is 1. The van der Waals surface area contributed by atoms with E-state index < -0.39 is 0 Å². The summed E-state index contributed by atoms with van der Waals surface area (Å²) in [6, 6.07) is 0. The Morgan fingerprint density at radius 1 is 1.12 bits per heavy atom. The van der Waals surface area contributed by atoms with E-state index in [0.717, 1.165) is 10.2 Å². The van der Waals surface area contributed by atoms with Gasteiger partial charge in [-0.2, -0.15) is 0 Å². The number of hydrogen-bond acceptors (Lipinski definition) is 1. The normalized spacial score (nSPS) is 14.6. The van der Waals surface area contributed by atoms with Crippen molar-refractivity contribution in [1.82, 2.24) is 0 Å². The molecule has 0 atom stereocenters. The van der Waals surface area contributed by atoms with E-state index in [9.17, 15) is 0 Å². The van der Waals surface area contributed by atoms with Crippen molar-refractivity contribution in [3.8, 4) is 0 Å². The molecule has 0 heterocycles. The van der Waals surface area contributed by atoms with Gasteiger partial charge in [0.15, 0.2) is 0 Å². The number of hydrogen-bond donors (Lipinski definition) is 1. The van der Waals surface area contributed by atoms with Crippen LogP contribution in [0.25, 0.3) is 0 Å². The fourth-order valence-corrected chi connectivity index (χ4v) is 0. The summed E-state index contributed by atoms with van der Waals surface area (Å²) in [5, 5.41) is 0.354. The Balaban J connectivity index is 4.02. The van der Waals surface area contributed by atoms with Gasteiger partial charge in [-0.05, 0) is 18.9 Å². The van der Waals surface area contributed by atoms with Gasteiger partial charge in [0.2, 0.25) is 0 Å². The molecule has 0 aromatic rings. The first-order valence-electron chi connectivity index (χ1n) is 3.04. The first-order valence-corrected chi connectivity index (χ1v) is 4.04. The zero-order valence-corrected chi connectivity index (χ0v) is 8.58. The van der Waals surface area contributed by atoms with Crippen LogP contribution in [0, 0.1) is 0 Å². The van der Waals surface area contributed by atoms with Crippen LogP contribution in [0.3, 0.4) is 0 Å². The molecular formula is C6H17NSi. The van der Waals surface area contributed by atoms with Crippen LogP contribution in [0.5, 0.6) is 0 Å². The van der Waals surface area contributed by atoms with Gasteiger partial charge < -0.3 is 5.73 Å². The minimum Gasteiger partial charge on any atom is -0.325 e. The van der Waals surface area contributed by atoms with Crippen LogP contribution >= 0.6 is 0 Å². The van der Waals surface area contributed by atoms with Crippen molar-refractivity contribution in [2.24, 2.45) is 5.73 Å². The lowest BCUT2D eigenvalue weighted by molar-refractivity contribution is 0.393. The second-order valence-corrected chi connectivity index (χ2v) is 6.47. The molecule has 0 saturated carbocycles. The molecule has 8 heavy (non-hydrogen) atoms. The number of nitrogens with two attached hydrogens (primary N) is 1. The van der Waals surface area contributed by atoms with E-state index in [4.69, 9.17) is 5.73 Å². The highest BCUT2D eigenvalue weighted by Gasteiger charge is 2.27. The highest BCUT2D eigenvalue weighted by molar-refractivity contribution is 6.15. The summed E-state index contributed by atoms with van der Waals surface area (Å²) in [6.07, 6.45) is 0. The van der Waals surface area contributed by atoms with Gasteiger partial charge in [0, 0.05) is 15.8 Å². The van der Waals surface area contributed by atoms with Gasteiger partial charge in [-0.3, -0.25) is 0 Å². The molecule has 0 aromatic heterocycles. The van der Waals surface area contributed by atoms with Crippen LogP contribution in [0.15, 0.2) is 0 Å². The third-order valence-electron chi connectivity index (χ3n) is 1.93. The minimum atomic E-state index is -0.000772. The van der Waals surface area contributed by atoms with Gasteiger partial charge in [0.05, 0.1) is 0 Å². The molecule has 0 spiro atoms. The minimum absolute atomic E-state index is 0.000772. The molecule has 0 bridgehead atoms. The van der Waals surface area contributed by atoms with Gasteiger partial charge in [0.25, 0.3) is 0 Å². The summed E-state index contributed by atoms with van der Waals surface area (Å²) in [4.78, 5) is 0. The van der Waals surface area contributed by atoms with Crippen LogP contribution < -0.4 is 5.73 Å². The molecule has 0 aliphatic rings. The summed E-state index contributed by atoms with van der Waals surface area (Å²) in [5.74, 6) is 0. The van der Waals surface area contributed by atoms with Crippen molar-refractivity contribution in [2.75, 3.05) is 0 Å².